The van der Waals surface area contributed by atoms with Crippen LogP contribution in [0.3, 0.4) is 0 Å². The smallest absolute Gasteiger partial charge is 0.410 e. The second kappa shape index (κ2) is 8.95. The van der Waals surface area contributed by atoms with E-state index in [0.717, 1.165) is 23.9 Å². The number of nitrogens with one attached hydrogen (secondary N) is 1. The number of hydrogen-bond acceptors (Lipinski definition) is 2. The Morgan fingerprint density at radius 1 is 0.771 bits per heavy atom. The molecule has 1 fully saturated rings. The minimum absolute atomic E-state index is 0.183. The van der Waals surface area contributed by atoms with Gasteiger partial charge in [0, 0.05) is 34.8 Å². The van der Waals surface area contributed by atoms with E-state index in [9.17, 15) is 4.79 Å². The van der Waals surface area contributed by atoms with Gasteiger partial charge in [0.25, 0.3) is 0 Å². The summed E-state index contributed by atoms with van der Waals surface area (Å²) in [5.41, 5.74) is 5.76. The minimum Gasteiger partial charge on any atom is -0.445 e. The number of ether oxygens (including phenoxy) is 1. The summed E-state index contributed by atoms with van der Waals surface area (Å²) in [5, 5.41) is 2.49. The maximum absolute atomic E-state index is 12.9. The number of carbonyl (C=O) groups is 1. The Morgan fingerprint density at radius 2 is 1.43 bits per heavy atom. The summed E-state index contributed by atoms with van der Waals surface area (Å²) in [6, 6.07) is 35.7. The summed E-state index contributed by atoms with van der Waals surface area (Å²) >= 11 is 0. The third-order valence-electron chi connectivity index (χ3n) is 7.46. The molecule has 1 aliphatic heterocycles. The number of para-hydroxylation sites is 2. The van der Waals surface area contributed by atoms with Crippen molar-refractivity contribution in [3.63, 3.8) is 0 Å². The molecule has 4 aromatic carbocycles. The molecule has 1 amide bonds. The molecule has 0 radical (unpaired) electrons. The van der Waals surface area contributed by atoms with Crippen LogP contribution in [0, 0.1) is 0 Å². The van der Waals surface area contributed by atoms with E-state index in [1.54, 1.807) is 0 Å². The second-order valence-electron chi connectivity index (χ2n) is 9.37. The SMILES string of the molecule is O=C(OCc1ccccc1)N1CCC(c2ccccc2)(c2cccc3c2[nH]c2ccccc23)CC1. The first kappa shape index (κ1) is 21.5. The standard InChI is InChI=1S/C31H28N2O2/c34-30(35-22-23-10-3-1-4-11-23)33-20-18-31(19-21-33,24-12-5-2-6-13-24)27-16-9-15-26-25-14-7-8-17-28(25)32-29(26)27/h1-17,32H,18-22H2. The first-order valence-corrected chi connectivity index (χ1v) is 12.3. The lowest BCUT2D eigenvalue weighted by molar-refractivity contribution is 0.0814. The Kier molecular flexibility index (Phi) is 5.49. The topological polar surface area (TPSA) is 45.3 Å². The van der Waals surface area contributed by atoms with Gasteiger partial charge in [-0.2, -0.15) is 0 Å². The molecule has 0 aliphatic carbocycles. The third-order valence-corrected chi connectivity index (χ3v) is 7.46. The van der Waals surface area contributed by atoms with E-state index < -0.39 is 0 Å². The van der Waals surface area contributed by atoms with Crippen molar-refractivity contribution in [1.82, 2.24) is 9.88 Å². The van der Waals surface area contributed by atoms with Gasteiger partial charge in [-0.25, -0.2) is 4.79 Å². The molecule has 0 saturated carbocycles. The molecule has 2 heterocycles. The molecule has 174 valence electrons. The summed E-state index contributed by atoms with van der Waals surface area (Å²) in [4.78, 5) is 18.4. The average Bonchev–Trinajstić information content (AvgIpc) is 3.32. The predicted molar refractivity (Wildman–Crippen MR) is 140 cm³/mol. The highest BCUT2D eigenvalue weighted by atomic mass is 16.6. The molecular formula is C31H28N2O2. The molecule has 0 bridgehead atoms. The molecule has 1 aliphatic rings. The third kappa shape index (κ3) is 3.85. The van der Waals surface area contributed by atoms with E-state index in [1.165, 1.54) is 27.4 Å². The fraction of sp³-hybridized carbons (Fsp3) is 0.194. The number of amides is 1. The number of hydrogen-bond donors (Lipinski definition) is 1. The van der Waals surface area contributed by atoms with E-state index in [1.807, 2.05) is 35.2 Å². The van der Waals surface area contributed by atoms with Gasteiger partial charge < -0.3 is 14.6 Å². The number of benzene rings is 4. The van der Waals surface area contributed by atoms with E-state index in [4.69, 9.17) is 4.74 Å². The quantitative estimate of drug-likeness (QED) is 0.313. The number of piperidine rings is 1. The lowest BCUT2D eigenvalue weighted by atomic mass is 9.67. The van der Waals surface area contributed by atoms with Crippen molar-refractivity contribution in [2.24, 2.45) is 0 Å². The maximum Gasteiger partial charge on any atom is 0.410 e. The van der Waals surface area contributed by atoms with Crippen molar-refractivity contribution in [2.75, 3.05) is 13.1 Å². The number of fused-ring (bicyclic) bond motifs is 3. The van der Waals surface area contributed by atoms with Crippen LogP contribution in [0.5, 0.6) is 0 Å². The molecule has 4 heteroatoms. The molecule has 5 aromatic rings. The van der Waals surface area contributed by atoms with Gasteiger partial charge in [-0.05, 0) is 35.6 Å². The Hall–Kier alpha value is -4.05. The fourth-order valence-electron chi connectivity index (χ4n) is 5.62. The van der Waals surface area contributed by atoms with Crippen molar-refractivity contribution in [1.29, 1.82) is 0 Å². The summed E-state index contributed by atoms with van der Waals surface area (Å²) in [7, 11) is 0. The predicted octanol–water partition coefficient (Wildman–Crippen LogP) is 7.04. The van der Waals surface area contributed by atoms with Crippen molar-refractivity contribution >= 4 is 27.9 Å². The van der Waals surface area contributed by atoms with Crippen LogP contribution in [0.4, 0.5) is 4.79 Å². The van der Waals surface area contributed by atoms with Gasteiger partial charge in [-0.3, -0.25) is 0 Å². The van der Waals surface area contributed by atoms with E-state index >= 15 is 0 Å². The molecule has 0 unspecified atom stereocenters. The highest BCUT2D eigenvalue weighted by Crippen LogP contribution is 2.45. The van der Waals surface area contributed by atoms with Crippen LogP contribution >= 0.6 is 0 Å². The molecular weight excluding hydrogens is 432 g/mol. The lowest BCUT2D eigenvalue weighted by Crippen LogP contribution is -2.46. The first-order valence-electron chi connectivity index (χ1n) is 12.3. The van der Waals surface area contributed by atoms with Gasteiger partial charge in [0.05, 0.1) is 5.52 Å². The number of H-pyrrole nitrogens is 1. The molecule has 1 aromatic heterocycles. The highest BCUT2D eigenvalue weighted by Gasteiger charge is 2.40. The Morgan fingerprint density at radius 3 is 2.20 bits per heavy atom. The van der Waals surface area contributed by atoms with Gasteiger partial charge in [0.2, 0.25) is 0 Å². The first-order chi connectivity index (χ1) is 17.2. The lowest BCUT2D eigenvalue weighted by Gasteiger charge is -2.42. The number of nitrogens with zero attached hydrogens (tertiary/aromatic N) is 1. The Balaban J connectivity index is 1.33. The molecule has 6 rings (SSSR count). The summed E-state index contributed by atoms with van der Waals surface area (Å²) in [6.45, 7) is 1.60. The zero-order chi connectivity index (χ0) is 23.7. The molecule has 0 spiro atoms. The number of aromatic amines is 1. The summed E-state index contributed by atoms with van der Waals surface area (Å²) < 4.78 is 5.64. The molecule has 4 nitrogen and oxygen atoms in total. The van der Waals surface area contributed by atoms with E-state index in [2.05, 4.69) is 77.8 Å². The van der Waals surface area contributed by atoms with Crippen molar-refractivity contribution < 1.29 is 9.53 Å². The zero-order valence-electron chi connectivity index (χ0n) is 19.6. The van der Waals surface area contributed by atoms with Gasteiger partial charge in [0.1, 0.15) is 6.61 Å². The van der Waals surface area contributed by atoms with E-state index in [-0.39, 0.29) is 11.5 Å². The zero-order valence-corrected chi connectivity index (χ0v) is 19.6. The van der Waals surface area contributed by atoms with Crippen LogP contribution in [-0.2, 0) is 16.8 Å². The van der Waals surface area contributed by atoms with Crippen molar-refractivity contribution in [3.8, 4) is 0 Å². The van der Waals surface area contributed by atoms with Crippen LogP contribution in [0.15, 0.2) is 103 Å². The molecule has 0 atom stereocenters. The molecule has 1 N–H and O–H groups in total. The summed E-state index contributed by atoms with van der Waals surface area (Å²) in [5.74, 6) is 0. The van der Waals surface area contributed by atoms with Crippen molar-refractivity contribution in [2.45, 2.75) is 24.9 Å². The largest absolute Gasteiger partial charge is 0.445 e. The Bertz CT molecular complexity index is 1470. The van der Waals surface area contributed by atoms with Gasteiger partial charge in [0.15, 0.2) is 0 Å². The summed E-state index contributed by atoms with van der Waals surface area (Å²) in [6.07, 6.45) is 1.44. The second-order valence-corrected chi connectivity index (χ2v) is 9.37. The maximum atomic E-state index is 12.9. The highest BCUT2D eigenvalue weighted by molar-refractivity contribution is 6.08. The van der Waals surface area contributed by atoms with Gasteiger partial charge in [-0.15, -0.1) is 0 Å². The van der Waals surface area contributed by atoms with Crippen molar-refractivity contribution in [3.05, 3.63) is 120 Å². The molecule has 35 heavy (non-hydrogen) atoms. The fourth-order valence-corrected chi connectivity index (χ4v) is 5.62. The van der Waals surface area contributed by atoms with Crippen LogP contribution in [0.2, 0.25) is 0 Å². The van der Waals surface area contributed by atoms with E-state index in [0.29, 0.717) is 19.7 Å². The number of rotatable bonds is 4. The van der Waals surface area contributed by atoms with Gasteiger partial charge >= 0.3 is 6.09 Å². The normalized spacial score (nSPS) is 15.4. The monoisotopic (exact) mass is 460 g/mol. The number of aromatic nitrogens is 1. The minimum atomic E-state index is -0.237. The number of carbonyl (C=O) groups excluding carboxylic acids is 1. The average molecular weight is 461 g/mol. The number of likely N-dealkylation sites (tertiary alicyclic amines) is 1. The van der Waals surface area contributed by atoms with Crippen LogP contribution in [-0.4, -0.2) is 29.1 Å². The van der Waals surface area contributed by atoms with Crippen LogP contribution in [0.25, 0.3) is 21.8 Å². The van der Waals surface area contributed by atoms with Crippen LogP contribution in [0.1, 0.15) is 29.5 Å². The van der Waals surface area contributed by atoms with Crippen LogP contribution < -0.4 is 0 Å². The van der Waals surface area contributed by atoms with Gasteiger partial charge in [-0.1, -0.05) is 97.1 Å². The molecule has 1 saturated heterocycles. The Labute approximate surface area is 205 Å².